The number of nitrogens with zero attached hydrogens (tertiary/aromatic N) is 1. The Morgan fingerprint density at radius 3 is 2.61 bits per heavy atom. The van der Waals surface area contributed by atoms with Crippen LogP contribution in [0.2, 0.25) is 5.02 Å². The van der Waals surface area contributed by atoms with Crippen LogP contribution in [0.15, 0.2) is 29.2 Å². The number of rotatable bonds is 3. The van der Waals surface area contributed by atoms with Crippen LogP contribution >= 0.6 is 11.6 Å². The number of halogens is 1. The zero-order chi connectivity index (χ0) is 13.3. The fourth-order valence-corrected chi connectivity index (χ4v) is 3.93. The fraction of sp³-hybridized carbons (Fsp3) is 0.364. The van der Waals surface area contributed by atoms with E-state index in [0.29, 0.717) is 6.42 Å². The van der Waals surface area contributed by atoms with E-state index in [2.05, 4.69) is 0 Å². The molecule has 1 N–H and O–H groups in total. The number of benzene rings is 1. The topological polar surface area (TPSA) is 74.7 Å². The molecule has 0 aliphatic carbocycles. The smallest absolute Gasteiger partial charge is 0.307 e. The van der Waals surface area contributed by atoms with Gasteiger partial charge in [-0.2, -0.15) is 4.31 Å². The number of carboxylic acid groups (broad SMARTS) is 1. The summed E-state index contributed by atoms with van der Waals surface area (Å²) in [5, 5.41) is 9.02. The number of hydrogen-bond acceptors (Lipinski definition) is 3. The summed E-state index contributed by atoms with van der Waals surface area (Å²) in [5.41, 5.74) is 0. The predicted molar refractivity (Wildman–Crippen MR) is 66.0 cm³/mol. The molecule has 98 valence electrons. The molecule has 1 fully saturated rings. The molecule has 1 saturated heterocycles. The molecule has 0 unspecified atom stereocenters. The van der Waals surface area contributed by atoms with E-state index in [9.17, 15) is 13.2 Å². The first-order chi connectivity index (χ1) is 8.43. The number of aliphatic carboxylic acids is 1. The molecule has 1 aromatic carbocycles. The van der Waals surface area contributed by atoms with Crippen LogP contribution in [-0.4, -0.2) is 36.9 Å². The van der Waals surface area contributed by atoms with Crippen LogP contribution in [0.3, 0.4) is 0 Å². The first-order valence-corrected chi connectivity index (χ1v) is 7.22. The van der Waals surface area contributed by atoms with Crippen molar-refractivity contribution in [3.8, 4) is 0 Å². The molecule has 7 heteroatoms. The molecular weight excluding hydrogens is 278 g/mol. The highest BCUT2D eigenvalue weighted by Crippen LogP contribution is 2.28. The second kappa shape index (κ2) is 4.87. The molecule has 18 heavy (non-hydrogen) atoms. The molecule has 5 nitrogen and oxygen atoms in total. The van der Waals surface area contributed by atoms with Crippen molar-refractivity contribution in [2.24, 2.45) is 5.92 Å². The third-order valence-corrected chi connectivity index (χ3v) is 5.32. The van der Waals surface area contributed by atoms with Crippen molar-refractivity contribution in [3.05, 3.63) is 29.3 Å². The van der Waals surface area contributed by atoms with Gasteiger partial charge in [0.1, 0.15) is 4.90 Å². The summed E-state index contributed by atoms with van der Waals surface area (Å²) >= 11 is 5.86. The highest BCUT2D eigenvalue weighted by molar-refractivity contribution is 7.89. The average Bonchev–Trinajstić information content (AvgIpc) is 2.79. The first kappa shape index (κ1) is 13.3. The van der Waals surface area contributed by atoms with Crippen molar-refractivity contribution in [2.75, 3.05) is 13.1 Å². The highest BCUT2D eigenvalue weighted by atomic mass is 35.5. The predicted octanol–water partition coefficient (Wildman–Crippen LogP) is 1.44. The molecule has 1 heterocycles. The van der Waals surface area contributed by atoms with Crippen LogP contribution in [0, 0.1) is 5.92 Å². The summed E-state index contributed by atoms with van der Waals surface area (Å²) in [5.74, 6) is -1.60. The van der Waals surface area contributed by atoms with Gasteiger partial charge in [-0.05, 0) is 18.6 Å². The Balaban J connectivity index is 2.29. The Hall–Kier alpha value is -1.11. The van der Waals surface area contributed by atoms with Gasteiger partial charge in [0, 0.05) is 13.1 Å². The molecule has 1 aromatic rings. The summed E-state index contributed by atoms with van der Waals surface area (Å²) in [7, 11) is -3.70. The molecule has 1 aliphatic rings. The molecular formula is C11H12ClNO4S. The third kappa shape index (κ3) is 2.36. The van der Waals surface area contributed by atoms with Crippen LogP contribution < -0.4 is 0 Å². The molecule has 0 amide bonds. The minimum Gasteiger partial charge on any atom is -0.481 e. The van der Waals surface area contributed by atoms with Crippen molar-refractivity contribution >= 4 is 27.6 Å². The first-order valence-electron chi connectivity index (χ1n) is 5.40. The number of hydrogen-bond donors (Lipinski definition) is 1. The lowest BCUT2D eigenvalue weighted by Crippen LogP contribution is -2.30. The minimum atomic E-state index is -3.70. The van der Waals surface area contributed by atoms with Gasteiger partial charge in [-0.3, -0.25) is 4.79 Å². The summed E-state index contributed by atoms with van der Waals surface area (Å²) in [4.78, 5) is 10.9. The molecule has 0 radical (unpaired) electrons. The summed E-state index contributed by atoms with van der Waals surface area (Å²) in [6.07, 6.45) is 0.332. The summed E-state index contributed by atoms with van der Waals surface area (Å²) < 4.78 is 25.7. The van der Waals surface area contributed by atoms with Crippen molar-refractivity contribution < 1.29 is 18.3 Å². The van der Waals surface area contributed by atoms with Gasteiger partial charge < -0.3 is 5.11 Å². The maximum Gasteiger partial charge on any atom is 0.307 e. The standard InChI is InChI=1S/C11H12ClNO4S/c12-9-3-1-2-4-10(9)18(16,17)13-6-5-8(7-13)11(14)15/h1-4,8H,5-7H2,(H,14,15)/t8-/m0/s1. The van der Waals surface area contributed by atoms with Crippen molar-refractivity contribution in [2.45, 2.75) is 11.3 Å². The summed E-state index contributed by atoms with van der Waals surface area (Å²) in [6.45, 7) is 0.216. The van der Waals surface area contributed by atoms with Gasteiger partial charge in [0.25, 0.3) is 0 Å². The van der Waals surface area contributed by atoms with E-state index in [4.69, 9.17) is 16.7 Å². The van der Waals surface area contributed by atoms with Crippen molar-refractivity contribution in [1.29, 1.82) is 0 Å². The Morgan fingerprint density at radius 2 is 2.06 bits per heavy atom. The molecule has 2 rings (SSSR count). The lowest BCUT2D eigenvalue weighted by Gasteiger charge is -2.16. The third-order valence-electron chi connectivity index (χ3n) is 2.95. The SMILES string of the molecule is O=C(O)[C@H]1CCN(S(=O)(=O)c2ccccc2Cl)C1. The zero-order valence-corrected chi connectivity index (χ0v) is 11.0. The van der Waals surface area contributed by atoms with E-state index in [0.717, 1.165) is 0 Å². The average molecular weight is 290 g/mol. The maximum absolute atomic E-state index is 12.3. The van der Waals surface area contributed by atoms with E-state index < -0.39 is 21.9 Å². The Kier molecular flexibility index (Phi) is 3.61. The van der Waals surface area contributed by atoms with E-state index in [1.807, 2.05) is 0 Å². The minimum absolute atomic E-state index is 0.00287. The highest BCUT2D eigenvalue weighted by Gasteiger charge is 2.36. The van der Waals surface area contributed by atoms with E-state index in [1.165, 1.54) is 16.4 Å². The van der Waals surface area contributed by atoms with Crippen LogP contribution in [-0.2, 0) is 14.8 Å². The number of carbonyl (C=O) groups is 1. The van der Waals surface area contributed by atoms with E-state index in [-0.39, 0.29) is 23.0 Å². The Morgan fingerprint density at radius 1 is 1.39 bits per heavy atom. The van der Waals surface area contributed by atoms with Gasteiger partial charge in [-0.15, -0.1) is 0 Å². The number of sulfonamides is 1. The van der Waals surface area contributed by atoms with Crippen LogP contribution in [0.1, 0.15) is 6.42 Å². The van der Waals surface area contributed by atoms with Gasteiger partial charge in [-0.25, -0.2) is 8.42 Å². The summed E-state index contributed by atoms with van der Waals surface area (Å²) in [6, 6.07) is 6.15. The fourth-order valence-electron chi connectivity index (χ4n) is 1.94. The van der Waals surface area contributed by atoms with Crippen LogP contribution in [0.25, 0.3) is 0 Å². The lowest BCUT2D eigenvalue weighted by molar-refractivity contribution is -0.141. The Bertz CT molecular complexity index is 572. The maximum atomic E-state index is 12.3. The zero-order valence-electron chi connectivity index (χ0n) is 9.41. The molecule has 0 aromatic heterocycles. The van der Waals surface area contributed by atoms with Crippen LogP contribution in [0.4, 0.5) is 0 Å². The van der Waals surface area contributed by atoms with E-state index >= 15 is 0 Å². The largest absolute Gasteiger partial charge is 0.481 e. The van der Waals surface area contributed by atoms with Crippen molar-refractivity contribution in [1.82, 2.24) is 4.31 Å². The quantitative estimate of drug-likeness (QED) is 0.913. The van der Waals surface area contributed by atoms with Crippen LogP contribution in [0.5, 0.6) is 0 Å². The second-order valence-corrected chi connectivity index (χ2v) is 6.43. The van der Waals surface area contributed by atoms with Gasteiger partial charge in [-0.1, -0.05) is 23.7 Å². The van der Waals surface area contributed by atoms with Gasteiger partial charge in [0.15, 0.2) is 0 Å². The normalized spacial score (nSPS) is 21.1. The number of carboxylic acids is 1. The monoisotopic (exact) mass is 289 g/mol. The molecule has 1 aliphatic heterocycles. The van der Waals surface area contributed by atoms with Crippen molar-refractivity contribution in [3.63, 3.8) is 0 Å². The van der Waals surface area contributed by atoms with Gasteiger partial charge in [0.05, 0.1) is 10.9 Å². The molecule has 0 saturated carbocycles. The molecule has 0 spiro atoms. The lowest BCUT2D eigenvalue weighted by atomic mass is 10.1. The Labute approximate surface area is 110 Å². The molecule has 1 atom stereocenters. The van der Waals surface area contributed by atoms with Gasteiger partial charge >= 0.3 is 5.97 Å². The second-order valence-electron chi connectivity index (χ2n) is 4.12. The van der Waals surface area contributed by atoms with Gasteiger partial charge in [0.2, 0.25) is 10.0 Å². The molecule has 0 bridgehead atoms. The van der Waals surface area contributed by atoms with E-state index in [1.54, 1.807) is 12.1 Å².